The molecule has 1 saturated heterocycles. The zero-order valence-corrected chi connectivity index (χ0v) is 18.6. The average molecular weight is 434 g/mol. The third-order valence-corrected chi connectivity index (χ3v) is 6.88. The first-order valence-electron chi connectivity index (χ1n) is 11.7. The highest BCUT2D eigenvalue weighted by atomic mass is 16.2. The van der Waals surface area contributed by atoms with Crippen LogP contribution in [-0.4, -0.2) is 61.0 Å². The number of anilines is 2. The number of nitrogens with zero attached hydrogens (tertiary/aromatic N) is 3. The number of nitrogens with one attached hydrogen (secondary N) is 2. The molecule has 0 radical (unpaired) electrons. The van der Waals surface area contributed by atoms with E-state index in [1.807, 2.05) is 0 Å². The van der Waals surface area contributed by atoms with E-state index >= 15 is 0 Å². The summed E-state index contributed by atoms with van der Waals surface area (Å²) in [7, 11) is 0. The van der Waals surface area contributed by atoms with Crippen LogP contribution in [0.15, 0.2) is 36.5 Å². The molecule has 2 amide bonds. The molecule has 0 spiro atoms. The van der Waals surface area contributed by atoms with E-state index in [4.69, 9.17) is 0 Å². The number of pyridine rings is 1. The van der Waals surface area contributed by atoms with Crippen LogP contribution in [0.2, 0.25) is 0 Å². The van der Waals surface area contributed by atoms with Gasteiger partial charge in [-0.1, -0.05) is 24.3 Å². The molecule has 2 fully saturated rings. The van der Waals surface area contributed by atoms with Crippen LogP contribution >= 0.6 is 0 Å². The number of carbonyl (C=O) groups excluding carboxylic acids is 2. The number of carbonyl (C=O) groups is 2. The highest BCUT2D eigenvalue weighted by molar-refractivity contribution is 6.04. The number of likely N-dealkylation sites (tertiary alicyclic amines) is 1. The van der Waals surface area contributed by atoms with E-state index in [1.54, 1.807) is 17.2 Å². The Bertz CT molecular complexity index is 1020. The van der Waals surface area contributed by atoms with Crippen LogP contribution in [0.1, 0.15) is 46.7 Å². The number of rotatable bonds is 7. The van der Waals surface area contributed by atoms with Gasteiger partial charge in [0.15, 0.2) is 0 Å². The van der Waals surface area contributed by atoms with Crippen molar-refractivity contribution >= 4 is 23.3 Å². The van der Waals surface area contributed by atoms with E-state index < -0.39 is 0 Å². The van der Waals surface area contributed by atoms with Gasteiger partial charge in [0.25, 0.3) is 5.91 Å². The second-order valence-electron chi connectivity index (χ2n) is 9.29. The lowest BCUT2D eigenvalue weighted by atomic mass is 9.94. The maximum Gasteiger partial charge on any atom is 0.252 e. The summed E-state index contributed by atoms with van der Waals surface area (Å²) in [5.41, 5.74) is 4.02. The van der Waals surface area contributed by atoms with Crippen LogP contribution in [0.5, 0.6) is 0 Å². The summed E-state index contributed by atoms with van der Waals surface area (Å²) in [5.74, 6) is 1.73. The molecule has 2 aliphatic heterocycles. The predicted molar refractivity (Wildman–Crippen MR) is 125 cm³/mol. The fraction of sp³-hybridized carbons (Fsp3) is 0.480. The van der Waals surface area contributed by atoms with Crippen molar-refractivity contribution in [3.8, 4) is 0 Å². The van der Waals surface area contributed by atoms with E-state index in [-0.39, 0.29) is 18.4 Å². The number of benzene rings is 1. The van der Waals surface area contributed by atoms with Gasteiger partial charge in [0.1, 0.15) is 5.82 Å². The molecular formula is C25H31N5O2. The van der Waals surface area contributed by atoms with Gasteiger partial charge in [-0.25, -0.2) is 4.98 Å². The summed E-state index contributed by atoms with van der Waals surface area (Å²) in [6.45, 7) is 6.68. The monoisotopic (exact) mass is 433 g/mol. The molecule has 1 saturated carbocycles. The maximum atomic E-state index is 12.8. The average Bonchev–Trinajstić information content (AvgIpc) is 3.51. The van der Waals surface area contributed by atoms with Gasteiger partial charge in [-0.15, -0.1) is 0 Å². The van der Waals surface area contributed by atoms with Gasteiger partial charge in [-0.2, -0.15) is 0 Å². The van der Waals surface area contributed by atoms with Crippen molar-refractivity contribution in [3.63, 3.8) is 0 Å². The molecule has 7 nitrogen and oxygen atoms in total. The van der Waals surface area contributed by atoms with Gasteiger partial charge in [0.2, 0.25) is 5.91 Å². The second-order valence-corrected chi connectivity index (χ2v) is 9.29. The van der Waals surface area contributed by atoms with E-state index in [2.05, 4.69) is 51.7 Å². The number of amides is 2. The number of hydrogen-bond acceptors (Lipinski definition) is 5. The molecule has 2 N–H and O–H groups in total. The smallest absolute Gasteiger partial charge is 0.252 e. The Kier molecular flexibility index (Phi) is 5.83. The molecule has 32 heavy (non-hydrogen) atoms. The van der Waals surface area contributed by atoms with Crippen molar-refractivity contribution in [1.29, 1.82) is 0 Å². The lowest BCUT2D eigenvalue weighted by molar-refractivity contribution is -0.117. The van der Waals surface area contributed by atoms with Crippen molar-refractivity contribution in [2.45, 2.75) is 32.1 Å². The Morgan fingerprint density at radius 2 is 2.09 bits per heavy atom. The molecular weight excluding hydrogens is 402 g/mol. The van der Waals surface area contributed by atoms with Gasteiger partial charge < -0.3 is 20.4 Å². The lowest BCUT2D eigenvalue weighted by Gasteiger charge is -2.29. The van der Waals surface area contributed by atoms with Crippen molar-refractivity contribution < 1.29 is 9.59 Å². The molecule has 0 bridgehead atoms. The lowest BCUT2D eigenvalue weighted by Crippen LogP contribution is -2.41. The highest BCUT2D eigenvalue weighted by Gasteiger charge is 2.32. The summed E-state index contributed by atoms with van der Waals surface area (Å²) in [5, 5.41) is 6.10. The Labute approximate surface area is 189 Å². The van der Waals surface area contributed by atoms with Crippen molar-refractivity contribution in [2.24, 2.45) is 5.92 Å². The van der Waals surface area contributed by atoms with E-state index in [9.17, 15) is 9.59 Å². The summed E-state index contributed by atoms with van der Waals surface area (Å²) in [6.07, 6.45) is 5.09. The van der Waals surface area contributed by atoms with Crippen LogP contribution in [0.25, 0.3) is 0 Å². The topological polar surface area (TPSA) is 77.6 Å². The number of hydrogen-bond donors (Lipinski definition) is 2. The van der Waals surface area contributed by atoms with Gasteiger partial charge in [0.05, 0.1) is 17.8 Å². The van der Waals surface area contributed by atoms with Crippen LogP contribution in [-0.2, 0) is 4.79 Å². The fourth-order valence-corrected chi connectivity index (χ4v) is 4.83. The molecule has 2 aromatic rings. The molecule has 3 aliphatic rings. The largest absolute Gasteiger partial charge is 0.359 e. The van der Waals surface area contributed by atoms with Gasteiger partial charge >= 0.3 is 0 Å². The quantitative estimate of drug-likeness (QED) is 0.702. The number of aryl methyl sites for hydroxylation is 1. The van der Waals surface area contributed by atoms with Crippen molar-refractivity contribution in [2.75, 3.05) is 49.5 Å². The summed E-state index contributed by atoms with van der Waals surface area (Å²) >= 11 is 0. The Balaban J connectivity index is 1.16. The summed E-state index contributed by atoms with van der Waals surface area (Å²) in [6, 6.07) is 10.4. The van der Waals surface area contributed by atoms with Crippen LogP contribution in [0, 0.1) is 12.8 Å². The maximum absolute atomic E-state index is 12.8. The molecule has 5 rings (SSSR count). The van der Waals surface area contributed by atoms with Gasteiger partial charge in [-0.3, -0.25) is 9.59 Å². The molecule has 1 aromatic carbocycles. The zero-order chi connectivity index (χ0) is 22.1. The molecule has 1 aliphatic carbocycles. The van der Waals surface area contributed by atoms with E-state index in [0.29, 0.717) is 29.8 Å². The molecule has 3 heterocycles. The first-order chi connectivity index (χ1) is 15.6. The SMILES string of the molecule is Cc1ccccc1C1CCN(CCNC(=O)c2cnc3c(c2)N(CC2CC2)C(=O)CN3)C1. The standard InChI is InChI=1S/C25H31N5O2/c1-17-4-2-3-5-21(17)19-8-10-29(16-19)11-9-26-25(32)20-12-22-24(27-13-20)28-14-23(31)30(22)15-18-6-7-18/h2-5,12-13,18-19H,6-11,14-16H2,1H3,(H,26,32)(H,27,28). The van der Waals surface area contributed by atoms with Crippen LogP contribution in [0.4, 0.5) is 11.5 Å². The van der Waals surface area contributed by atoms with Crippen molar-refractivity contribution in [3.05, 3.63) is 53.2 Å². The first-order valence-corrected chi connectivity index (χ1v) is 11.7. The van der Waals surface area contributed by atoms with Crippen molar-refractivity contribution in [1.82, 2.24) is 15.2 Å². The third kappa shape index (κ3) is 4.48. The minimum Gasteiger partial charge on any atom is -0.359 e. The molecule has 1 aromatic heterocycles. The van der Waals surface area contributed by atoms with Crippen LogP contribution in [0.3, 0.4) is 0 Å². The number of aromatic nitrogens is 1. The highest BCUT2D eigenvalue weighted by Crippen LogP contribution is 2.35. The zero-order valence-electron chi connectivity index (χ0n) is 18.6. The minimum atomic E-state index is -0.139. The Morgan fingerprint density at radius 1 is 1.25 bits per heavy atom. The van der Waals surface area contributed by atoms with Gasteiger partial charge in [-0.05, 0) is 61.8 Å². The normalized spacial score (nSPS) is 20.7. The minimum absolute atomic E-state index is 0.0426. The Morgan fingerprint density at radius 3 is 2.91 bits per heavy atom. The summed E-state index contributed by atoms with van der Waals surface area (Å²) < 4.78 is 0. The second kappa shape index (κ2) is 8.90. The van der Waals surface area contributed by atoms with Gasteiger partial charge in [0, 0.05) is 32.4 Å². The molecule has 1 atom stereocenters. The number of fused-ring (bicyclic) bond motifs is 1. The van der Waals surface area contributed by atoms with E-state index in [0.717, 1.165) is 38.3 Å². The fourth-order valence-electron chi connectivity index (χ4n) is 4.83. The van der Waals surface area contributed by atoms with E-state index in [1.165, 1.54) is 24.0 Å². The summed E-state index contributed by atoms with van der Waals surface area (Å²) in [4.78, 5) is 33.8. The Hall–Kier alpha value is -2.93. The van der Waals surface area contributed by atoms with Crippen LogP contribution < -0.4 is 15.5 Å². The molecule has 7 heteroatoms. The predicted octanol–water partition coefficient (Wildman–Crippen LogP) is 2.78. The third-order valence-electron chi connectivity index (χ3n) is 6.88. The first kappa shape index (κ1) is 20.9. The molecule has 1 unspecified atom stereocenters. The molecule has 168 valence electrons.